The van der Waals surface area contributed by atoms with E-state index in [-0.39, 0.29) is 6.04 Å². The van der Waals surface area contributed by atoms with Crippen LogP contribution in [-0.4, -0.2) is 25.5 Å². The molecule has 0 aliphatic carbocycles. The molecule has 3 aromatic heterocycles. The summed E-state index contributed by atoms with van der Waals surface area (Å²) < 4.78 is 7.46. The Bertz CT molecular complexity index is 895. The molecule has 0 aromatic carbocycles. The number of furan rings is 1. The fraction of sp³-hybridized carbons (Fsp3) is 0.294. The predicted octanol–water partition coefficient (Wildman–Crippen LogP) is 2.78. The summed E-state index contributed by atoms with van der Waals surface area (Å²) in [5.74, 6) is 2.35. The monoisotopic (exact) mass is 322 g/mol. The van der Waals surface area contributed by atoms with Crippen LogP contribution in [0.4, 0.5) is 5.95 Å². The van der Waals surface area contributed by atoms with E-state index in [0.717, 1.165) is 34.8 Å². The Balaban J connectivity index is 1.77. The Kier molecular flexibility index (Phi) is 3.41. The van der Waals surface area contributed by atoms with Gasteiger partial charge in [0.25, 0.3) is 0 Å². The molecule has 4 heterocycles. The molecule has 0 spiro atoms. The number of hydrogen-bond donors (Lipinski definition) is 0. The van der Waals surface area contributed by atoms with Gasteiger partial charge in [-0.3, -0.25) is 4.68 Å². The maximum atomic E-state index is 5.67. The molecular formula is C17H18N6O. The Morgan fingerprint density at radius 1 is 1.21 bits per heavy atom. The van der Waals surface area contributed by atoms with Crippen molar-refractivity contribution in [3.8, 4) is 0 Å². The first-order chi connectivity index (χ1) is 11.6. The van der Waals surface area contributed by atoms with Gasteiger partial charge in [-0.05, 0) is 26.0 Å². The van der Waals surface area contributed by atoms with Crippen molar-refractivity contribution in [2.24, 2.45) is 12.1 Å². The topological polar surface area (TPSA) is 72.3 Å². The molecule has 0 fully saturated rings. The second-order valence-electron chi connectivity index (χ2n) is 5.93. The van der Waals surface area contributed by atoms with Gasteiger partial charge in [0.1, 0.15) is 11.5 Å². The van der Waals surface area contributed by atoms with Crippen molar-refractivity contribution < 1.29 is 4.42 Å². The smallest absolute Gasteiger partial charge is 0.246 e. The fourth-order valence-electron chi connectivity index (χ4n) is 3.06. The summed E-state index contributed by atoms with van der Waals surface area (Å²) in [7, 11) is 1.91. The SMILES string of the molecule is Cc1cc(C2=NN(c3ncccn3)[C@H](c3cnn(C)c3)C2)c(C)o1. The summed E-state index contributed by atoms with van der Waals surface area (Å²) in [6, 6.07) is 3.85. The van der Waals surface area contributed by atoms with Crippen molar-refractivity contribution in [1.82, 2.24) is 19.7 Å². The van der Waals surface area contributed by atoms with Gasteiger partial charge in [0.2, 0.25) is 5.95 Å². The fourth-order valence-corrected chi connectivity index (χ4v) is 3.06. The molecule has 1 atom stereocenters. The zero-order valence-corrected chi connectivity index (χ0v) is 13.8. The van der Waals surface area contributed by atoms with Gasteiger partial charge >= 0.3 is 0 Å². The molecule has 4 rings (SSSR count). The average molecular weight is 322 g/mol. The second-order valence-corrected chi connectivity index (χ2v) is 5.93. The van der Waals surface area contributed by atoms with E-state index in [0.29, 0.717) is 5.95 Å². The van der Waals surface area contributed by atoms with Gasteiger partial charge in [-0.2, -0.15) is 10.2 Å². The Morgan fingerprint density at radius 2 is 2.00 bits per heavy atom. The quantitative estimate of drug-likeness (QED) is 0.741. The molecule has 0 unspecified atom stereocenters. The number of hydrogen-bond acceptors (Lipinski definition) is 6. The van der Waals surface area contributed by atoms with Gasteiger partial charge in [-0.25, -0.2) is 15.0 Å². The number of hydrazone groups is 1. The van der Waals surface area contributed by atoms with Crippen molar-refractivity contribution in [3.63, 3.8) is 0 Å². The van der Waals surface area contributed by atoms with Gasteiger partial charge in [-0.15, -0.1) is 0 Å². The zero-order valence-electron chi connectivity index (χ0n) is 13.8. The summed E-state index contributed by atoms with van der Waals surface area (Å²) in [6.07, 6.45) is 8.08. The van der Waals surface area contributed by atoms with Crippen LogP contribution in [0.1, 0.15) is 35.1 Å². The lowest BCUT2D eigenvalue weighted by Gasteiger charge is -2.19. The van der Waals surface area contributed by atoms with Crippen molar-refractivity contribution in [2.75, 3.05) is 5.01 Å². The first-order valence-corrected chi connectivity index (χ1v) is 7.81. The highest BCUT2D eigenvalue weighted by atomic mass is 16.3. The van der Waals surface area contributed by atoms with Crippen LogP contribution in [0, 0.1) is 13.8 Å². The van der Waals surface area contributed by atoms with E-state index >= 15 is 0 Å². The molecule has 7 nitrogen and oxygen atoms in total. The third kappa shape index (κ3) is 2.47. The minimum atomic E-state index is 0.0192. The van der Waals surface area contributed by atoms with Crippen LogP contribution >= 0.6 is 0 Å². The van der Waals surface area contributed by atoms with Crippen molar-refractivity contribution >= 4 is 11.7 Å². The van der Waals surface area contributed by atoms with Crippen LogP contribution in [0.5, 0.6) is 0 Å². The van der Waals surface area contributed by atoms with E-state index in [2.05, 4.69) is 15.1 Å². The van der Waals surface area contributed by atoms with Crippen LogP contribution in [0.15, 0.2) is 46.4 Å². The molecular weight excluding hydrogens is 304 g/mol. The van der Waals surface area contributed by atoms with Crippen LogP contribution in [0.2, 0.25) is 0 Å². The summed E-state index contributed by atoms with van der Waals surface area (Å²) in [4.78, 5) is 8.71. The van der Waals surface area contributed by atoms with Gasteiger partial charge in [0.15, 0.2) is 0 Å². The van der Waals surface area contributed by atoms with Gasteiger partial charge in [0, 0.05) is 43.2 Å². The van der Waals surface area contributed by atoms with Crippen molar-refractivity contribution in [2.45, 2.75) is 26.3 Å². The van der Waals surface area contributed by atoms with Gasteiger partial charge < -0.3 is 4.42 Å². The molecule has 0 saturated carbocycles. The molecule has 1 aliphatic heterocycles. The highest BCUT2D eigenvalue weighted by Crippen LogP contribution is 2.35. The number of aromatic nitrogens is 4. The summed E-state index contributed by atoms with van der Waals surface area (Å²) >= 11 is 0. The lowest BCUT2D eigenvalue weighted by atomic mass is 10.0. The molecule has 0 radical (unpaired) electrons. The number of rotatable bonds is 3. The molecule has 3 aromatic rings. The van der Waals surface area contributed by atoms with Gasteiger partial charge in [0.05, 0.1) is 18.0 Å². The van der Waals surface area contributed by atoms with E-state index in [1.54, 1.807) is 23.1 Å². The van der Waals surface area contributed by atoms with E-state index in [1.165, 1.54) is 0 Å². The molecule has 0 amide bonds. The lowest BCUT2D eigenvalue weighted by molar-refractivity contribution is 0.504. The van der Waals surface area contributed by atoms with E-state index in [4.69, 9.17) is 9.52 Å². The summed E-state index contributed by atoms with van der Waals surface area (Å²) in [6.45, 7) is 3.91. The minimum absolute atomic E-state index is 0.0192. The Hall–Kier alpha value is -2.96. The number of anilines is 1. The first-order valence-electron chi connectivity index (χ1n) is 7.81. The molecule has 24 heavy (non-hydrogen) atoms. The average Bonchev–Trinajstić information content (AvgIpc) is 3.26. The number of aryl methyl sites for hydroxylation is 3. The van der Waals surface area contributed by atoms with E-state index < -0.39 is 0 Å². The number of nitrogens with zero attached hydrogens (tertiary/aromatic N) is 6. The molecule has 0 N–H and O–H groups in total. The Labute approximate surface area is 139 Å². The largest absolute Gasteiger partial charge is 0.466 e. The highest BCUT2D eigenvalue weighted by molar-refractivity contribution is 6.04. The minimum Gasteiger partial charge on any atom is -0.466 e. The van der Waals surface area contributed by atoms with Crippen LogP contribution in [-0.2, 0) is 7.05 Å². The highest BCUT2D eigenvalue weighted by Gasteiger charge is 2.33. The third-order valence-electron chi connectivity index (χ3n) is 4.13. The summed E-state index contributed by atoms with van der Waals surface area (Å²) in [5, 5.41) is 11.0. The third-order valence-corrected chi connectivity index (χ3v) is 4.13. The predicted molar refractivity (Wildman–Crippen MR) is 89.8 cm³/mol. The summed E-state index contributed by atoms with van der Waals surface area (Å²) in [5.41, 5.74) is 3.10. The van der Waals surface area contributed by atoms with Crippen molar-refractivity contribution in [1.29, 1.82) is 0 Å². The van der Waals surface area contributed by atoms with Crippen LogP contribution in [0.25, 0.3) is 0 Å². The standard InChI is InChI=1S/C17H18N6O/c1-11-7-14(12(2)24-11)15-8-16(13-9-20-22(3)10-13)23(21-15)17-18-5-4-6-19-17/h4-7,9-10,16H,8H2,1-3H3/t16-/m0/s1. The van der Waals surface area contributed by atoms with E-state index in [9.17, 15) is 0 Å². The molecule has 1 aliphatic rings. The van der Waals surface area contributed by atoms with Crippen LogP contribution in [0.3, 0.4) is 0 Å². The second kappa shape index (κ2) is 5.59. The first kappa shape index (κ1) is 14.6. The Morgan fingerprint density at radius 3 is 2.62 bits per heavy atom. The van der Waals surface area contributed by atoms with Gasteiger partial charge in [-0.1, -0.05) is 0 Å². The zero-order chi connectivity index (χ0) is 16.7. The maximum absolute atomic E-state index is 5.67. The molecule has 122 valence electrons. The molecule has 7 heteroatoms. The lowest BCUT2D eigenvalue weighted by Crippen LogP contribution is -2.20. The molecule has 0 saturated heterocycles. The van der Waals surface area contributed by atoms with E-state index in [1.807, 2.05) is 44.4 Å². The van der Waals surface area contributed by atoms with Crippen molar-refractivity contribution in [3.05, 3.63) is 59.6 Å². The van der Waals surface area contributed by atoms with Crippen LogP contribution < -0.4 is 5.01 Å². The molecule has 0 bridgehead atoms. The maximum Gasteiger partial charge on any atom is 0.246 e. The normalized spacial score (nSPS) is 17.4.